The zero-order valence-corrected chi connectivity index (χ0v) is 14.8. The predicted octanol–water partition coefficient (Wildman–Crippen LogP) is 6.33. The van der Waals surface area contributed by atoms with Gasteiger partial charge in [-0.2, -0.15) is 0 Å². The van der Waals surface area contributed by atoms with E-state index < -0.39 is 0 Å². The van der Waals surface area contributed by atoms with Gasteiger partial charge in [0.25, 0.3) is 0 Å². The van der Waals surface area contributed by atoms with E-state index in [4.69, 9.17) is 4.74 Å². The normalized spacial score (nSPS) is 22.8. The molecule has 0 bridgehead atoms. The third kappa shape index (κ3) is 3.43. The highest BCUT2D eigenvalue weighted by Gasteiger charge is 2.36. The molecule has 1 aliphatic heterocycles. The van der Waals surface area contributed by atoms with E-state index in [1.54, 1.807) is 0 Å². The van der Waals surface area contributed by atoms with E-state index >= 15 is 0 Å². The van der Waals surface area contributed by atoms with Gasteiger partial charge in [0.05, 0.1) is 0 Å². The molecule has 2 atom stereocenters. The van der Waals surface area contributed by atoms with Crippen LogP contribution in [0.2, 0.25) is 0 Å². The number of hydrogen-bond donors (Lipinski definition) is 1. The Bertz CT molecular complexity index is 681. The number of rotatable bonds is 5. The van der Waals surface area contributed by atoms with Gasteiger partial charge in [-0.05, 0) is 50.3 Å². The summed E-state index contributed by atoms with van der Waals surface area (Å²) < 4.78 is 5.99. The van der Waals surface area contributed by atoms with Gasteiger partial charge in [-0.25, -0.2) is 0 Å². The predicted molar refractivity (Wildman–Crippen MR) is 100 cm³/mol. The van der Waals surface area contributed by atoms with Gasteiger partial charge in [0.2, 0.25) is 0 Å². The van der Waals surface area contributed by atoms with Crippen LogP contribution in [0.1, 0.15) is 69.4 Å². The van der Waals surface area contributed by atoms with E-state index in [0.29, 0.717) is 5.75 Å². The molecule has 128 valence electrons. The molecular weight excluding hydrogens is 296 g/mol. The van der Waals surface area contributed by atoms with Crippen LogP contribution < -0.4 is 4.74 Å². The lowest BCUT2D eigenvalue weighted by Crippen LogP contribution is -2.25. The van der Waals surface area contributed by atoms with Gasteiger partial charge in [0, 0.05) is 17.4 Å². The van der Waals surface area contributed by atoms with E-state index in [1.165, 1.54) is 24.8 Å². The van der Waals surface area contributed by atoms with Crippen LogP contribution in [0.4, 0.5) is 0 Å². The molecule has 2 aliphatic rings. The van der Waals surface area contributed by atoms with Crippen LogP contribution in [0.3, 0.4) is 0 Å². The summed E-state index contributed by atoms with van der Waals surface area (Å²) >= 11 is 0. The summed E-state index contributed by atoms with van der Waals surface area (Å²) in [6, 6.07) is 3.89. The molecule has 1 unspecified atom stereocenters. The fourth-order valence-corrected chi connectivity index (χ4v) is 3.81. The number of aromatic hydroxyl groups is 1. The molecule has 24 heavy (non-hydrogen) atoms. The maximum Gasteiger partial charge on any atom is 0.135 e. The van der Waals surface area contributed by atoms with Gasteiger partial charge in [0.15, 0.2) is 0 Å². The molecule has 2 heteroatoms. The maximum atomic E-state index is 10.6. The number of fused-ring (bicyclic) bond motifs is 3. The molecule has 1 N–H and O–H groups in total. The summed E-state index contributed by atoms with van der Waals surface area (Å²) in [7, 11) is 0. The molecule has 0 spiro atoms. The zero-order valence-electron chi connectivity index (χ0n) is 14.8. The first-order valence-electron chi connectivity index (χ1n) is 9.17. The maximum absolute atomic E-state index is 10.6. The molecule has 1 aliphatic carbocycles. The lowest BCUT2D eigenvalue weighted by atomic mass is 9.74. The topological polar surface area (TPSA) is 29.5 Å². The molecule has 1 heterocycles. The summed E-state index contributed by atoms with van der Waals surface area (Å²) in [6.45, 7) is 8.50. The minimum atomic E-state index is 0.192. The second-order valence-electron chi connectivity index (χ2n) is 7.10. The average molecular weight is 324 g/mol. The first kappa shape index (κ1) is 16.9. The van der Waals surface area contributed by atoms with Crippen molar-refractivity contribution in [1.82, 2.24) is 0 Å². The summed E-state index contributed by atoms with van der Waals surface area (Å²) in [5, 5.41) is 10.6. The third-order valence-corrected chi connectivity index (χ3v) is 5.16. The highest BCUT2D eigenvalue weighted by atomic mass is 16.5. The second kappa shape index (κ2) is 7.29. The molecule has 2 nitrogen and oxygen atoms in total. The highest BCUT2D eigenvalue weighted by molar-refractivity contribution is 5.62. The molecule has 1 aromatic rings. The number of hydrogen-bond acceptors (Lipinski definition) is 2. The van der Waals surface area contributed by atoms with E-state index in [2.05, 4.69) is 38.7 Å². The lowest BCUT2D eigenvalue weighted by Gasteiger charge is -2.36. The van der Waals surface area contributed by atoms with Crippen molar-refractivity contribution in [3.8, 4) is 11.5 Å². The first-order valence-corrected chi connectivity index (χ1v) is 9.17. The van der Waals surface area contributed by atoms with Crippen molar-refractivity contribution in [3.63, 3.8) is 0 Å². The summed E-state index contributed by atoms with van der Waals surface area (Å²) in [6.07, 6.45) is 13.5. The van der Waals surface area contributed by atoms with E-state index in [1.807, 2.05) is 12.1 Å². The SMILES string of the molecule is C=C1Oc2cc(/C=C/CCCCC)cc(O)c2C2C=C(C)CC[C@@H]12. The number of phenols is 1. The van der Waals surface area contributed by atoms with Gasteiger partial charge >= 0.3 is 0 Å². The molecule has 0 radical (unpaired) electrons. The Balaban J connectivity index is 1.87. The second-order valence-corrected chi connectivity index (χ2v) is 7.10. The molecular formula is C22H28O2. The van der Waals surface area contributed by atoms with Crippen molar-refractivity contribution in [1.29, 1.82) is 0 Å². The summed E-state index contributed by atoms with van der Waals surface area (Å²) in [4.78, 5) is 0. The monoisotopic (exact) mass is 324 g/mol. The van der Waals surface area contributed by atoms with Crippen molar-refractivity contribution in [2.75, 3.05) is 0 Å². The Morgan fingerprint density at radius 1 is 1.33 bits per heavy atom. The van der Waals surface area contributed by atoms with Gasteiger partial charge in [-0.15, -0.1) is 0 Å². The van der Waals surface area contributed by atoms with Crippen LogP contribution in [0.25, 0.3) is 6.08 Å². The van der Waals surface area contributed by atoms with Crippen LogP contribution in [-0.4, -0.2) is 5.11 Å². The van der Waals surface area contributed by atoms with E-state index in [-0.39, 0.29) is 11.8 Å². The number of benzene rings is 1. The molecule has 3 rings (SSSR count). The Labute approximate surface area is 145 Å². The Morgan fingerprint density at radius 2 is 2.17 bits per heavy atom. The minimum Gasteiger partial charge on any atom is -0.507 e. The lowest BCUT2D eigenvalue weighted by molar-refractivity contribution is 0.275. The number of phenolic OH excluding ortho intramolecular Hbond substituents is 1. The largest absolute Gasteiger partial charge is 0.507 e. The highest BCUT2D eigenvalue weighted by Crippen LogP contribution is 2.51. The van der Waals surface area contributed by atoms with Crippen molar-refractivity contribution < 1.29 is 9.84 Å². The van der Waals surface area contributed by atoms with Crippen molar-refractivity contribution in [2.45, 2.75) is 58.3 Å². The van der Waals surface area contributed by atoms with Gasteiger partial charge in [-0.1, -0.05) is 50.1 Å². The molecule has 0 fully saturated rings. The Hall–Kier alpha value is -1.96. The molecule has 0 saturated heterocycles. The third-order valence-electron chi connectivity index (χ3n) is 5.16. The van der Waals surface area contributed by atoms with Crippen LogP contribution in [-0.2, 0) is 0 Å². The van der Waals surface area contributed by atoms with Crippen molar-refractivity contribution in [3.05, 3.63) is 53.3 Å². The number of ether oxygens (including phenoxy) is 1. The smallest absolute Gasteiger partial charge is 0.135 e. The molecule has 0 amide bonds. The Morgan fingerprint density at radius 3 is 2.96 bits per heavy atom. The number of unbranched alkanes of at least 4 members (excludes halogenated alkanes) is 3. The van der Waals surface area contributed by atoms with Gasteiger partial charge in [-0.3, -0.25) is 0 Å². The zero-order chi connectivity index (χ0) is 17.1. The van der Waals surface area contributed by atoms with Crippen molar-refractivity contribution in [2.24, 2.45) is 5.92 Å². The van der Waals surface area contributed by atoms with Crippen molar-refractivity contribution >= 4 is 6.08 Å². The molecule has 1 aromatic carbocycles. The quantitative estimate of drug-likeness (QED) is 0.506. The van der Waals surface area contributed by atoms with Crippen LogP contribution in [0, 0.1) is 5.92 Å². The average Bonchev–Trinajstić information content (AvgIpc) is 2.54. The molecule has 0 aromatic heterocycles. The summed E-state index contributed by atoms with van der Waals surface area (Å²) in [5.74, 6) is 2.41. The number of allylic oxidation sites excluding steroid dienone is 4. The standard InChI is InChI=1S/C22H28O2/c1-4-5-6-7-8-9-17-13-20(23)22-19-12-15(2)10-11-18(19)16(3)24-21(22)14-17/h8-9,12-14,18-19,23H,3-7,10-11H2,1-2H3/b9-8+/t18-,19?/m0/s1. The summed E-state index contributed by atoms with van der Waals surface area (Å²) in [5.41, 5.74) is 3.30. The van der Waals surface area contributed by atoms with Crippen LogP contribution in [0.15, 0.2) is 42.2 Å². The van der Waals surface area contributed by atoms with E-state index in [9.17, 15) is 5.11 Å². The first-order chi connectivity index (χ1) is 11.6. The van der Waals surface area contributed by atoms with Crippen LogP contribution in [0.5, 0.6) is 11.5 Å². The minimum absolute atomic E-state index is 0.192. The fraction of sp³-hybridized carbons (Fsp3) is 0.455. The van der Waals surface area contributed by atoms with Gasteiger partial charge in [0.1, 0.15) is 17.3 Å². The van der Waals surface area contributed by atoms with E-state index in [0.717, 1.165) is 41.9 Å². The van der Waals surface area contributed by atoms with Gasteiger partial charge < -0.3 is 9.84 Å². The Kier molecular flexibility index (Phi) is 5.13. The molecule has 0 saturated carbocycles. The fourth-order valence-electron chi connectivity index (χ4n) is 3.81. The van der Waals surface area contributed by atoms with Crippen LogP contribution >= 0.6 is 0 Å².